The Hall–Kier alpha value is -2.42. The van der Waals surface area contributed by atoms with E-state index in [1.54, 1.807) is 6.92 Å². The van der Waals surface area contributed by atoms with Gasteiger partial charge in [0.2, 0.25) is 0 Å². The number of nitrogens with zero attached hydrogens (tertiary/aromatic N) is 1. The molecule has 2 N–H and O–H groups in total. The minimum absolute atomic E-state index is 0.0355. The standard InChI is InChI=1S/C15H13F3N2O3S/c1-2-10(13-20-11(7-24-13)15(16,17)18)19-12(21)8-3-5-9(6-4-8)14(22)23/h3-7,10H,2H2,1H3,(H,19,21)(H,22,23). The number of benzene rings is 1. The Morgan fingerprint density at radius 2 is 1.83 bits per heavy atom. The van der Waals surface area contributed by atoms with Crippen LogP contribution >= 0.6 is 11.3 Å². The molecule has 2 rings (SSSR count). The molecule has 0 radical (unpaired) electrons. The number of aromatic carboxylic acids is 1. The lowest BCUT2D eigenvalue weighted by Gasteiger charge is -2.14. The van der Waals surface area contributed by atoms with Gasteiger partial charge in [-0.25, -0.2) is 9.78 Å². The molecule has 1 atom stereocenters. The third-order valence-electron chi connectivity index (χ3n) is 3.22. The van der Waals surface area contributed by atoms with E-state index < -0.39 is 29.8 Å². The quantitative estimate of drug-likeness (QED) is 0.853. The highest BCUT2D eigenvalue weighted by molar-refractivity contribution is 7.09. The Labute approximate surface area is 139 Å². The number of aromatic nitrogens is 1. The van der Waals surface area contributed by atoms with Crippen molar-refractivity contribution in [1.29, 1.82) is 0 Å². The van der Waals surface area contributed by atoms with Crippen molar-refractivity contribution in [1.82, 2.24) is 10.3 Å². The zero-order valence-electron chi connectivity index (χ0n) is 12.4. The van der Waals surface area contributed by atoms with Gasteiger partial charge in [-0.1, -0.05) is 6.92 Å². The van der Waals surface area contributed by atoms with Gasteiger partial charge < -0.3 is 10.4 Å². The van der Waals surface area contributed by atoms with Gasteiger partial charge in [0, 0.05) is 10.9 Å². The van der Waals surface area contributed by atoms with Crippen molar-refractivity contribution in [2.75, 3.05) is 0 Å². The fourth-order valence-electron chi connectivity index (χ4n) is 1.92. The summed E-state index contributed by atoms with van der Waals surface area (Å²) in [6.07, 6.45) is -4.16. The third kappa shape index (κ3) is 4.10. The van der Waals surface area contributed by atoms with E-state index in [9.17, 15) is 22.8 Å². The molecule has 2 aromatic rings. The molecule has 5 nitrogen and oxygen atoms in total. The number of hydrogen-bond acceptors (Lipinski definition) is 4. The summed E-state index contributed by atoms with van der Waals surface area (Å²) in [7, 11) is 0. The molecule has 1 heterocycles. The average molecular weight is 358 g/mol. The maximum absolute atomic E-state index is 12.6. The molecule has 1 aromatic carbocycles. The third-order valence-corrected chi connectivity index (χ3v) is 4.18. The van der Waals surface area contributed by atoms with E-state index in [2.05, 4.69) is 10.3 Å². The molecule has 0 fully saturated rings. The summed E-state index contributed by atoms with van der Waals surface area (Å²) >= 11 is 0.829. The van der Waals surface area contributed by atoms with Crippen molar-refractivity contribution < 1.29 is 27.9 Å². The molecule has 0 aliphatic heterocycles. The highest BCUT2D eigenvalue weighted by Crippen LogP contribution is 2.32. The molecule has 0 aliphatic rings. The van der Waals surface area contributed by atoms with Gasteiger partial charge in [0.05, 0.1) is 11.6 Å². The second kappa shape index (κ2) is 7.00. The van der Waals surface area contributed by atoms with Gasteiger partial charge in [-0.2, -0.15) is 13.2 Å². The molecule has 0 saturated heterocycles. The molecule has 1 unspecified atom stereocenters. The first kappa shape index (κ1) is 17.9. The largest absolute Gasteiger partial charge is 0.478 e. The van der Waals surface area contributed by atoms with Gasteiger partial charge in [0.1, 0.15) is 5.01 Å². The van der Waals surface area contributed by atoms with Crippen molar-refractivity contribution in [2.45, 2.75) is 25.6 Å². The summed E-state index contributed by atoms with van der Waals surface area (Å²) in [4.78, 5) is 26.5. The van der Waals surface area contributed by atoms with Crippen molar-refractivity contribution in [2.24, 2.45) is 0 Å². The minimum Gasteiger partial charge on any atom is -0.478 e. The van der Waals surface area contributed by atoms with Crippen molar-refractivity contribution in [3.8, 4) is 0 Å². The van der Waals surface area contributed by atoms with E-state index in [1.807, 2.05) is 0 Å². The zero-order valence-corrected chi connectivity index (χ0v) is 13.2. The second-order valence-electron chi connectivity index (χ2n) is 4.89. The van der Waals surface area contributed by atoms with Crippen LogP contribution in [0.3, 0.4) is 0 Å². The molecule has 9 heteroatoms. The molecular formula is C15H13F3N2O3S. The summed E-state index contributed by atoms with van der Waals surface area (Å²) in [6, 6.07) is 4.59. The number of carboxylic acids is 1. The number of carboxylic acid groups (broad SMARTS) is 1. The minimum atomic E-state index is -4.52. The Balaban J connectivity index is 2.13. The number of nitrogens with one attached hydrogen (secondary N) is 1. The highest BCUT2D eigenvalue weighted by atomic mass is 32.1. The number of hydrogen-bond donors (Lipinski definition) is 2. The first-order valence-corrected chi connectivity index (χ1v) is 7.77. The second-order valence-corrected chi connectivity index (χ2v) is 5.78. The van der Waals surface area contributed by atoms with Crippen molar-refractivity contribution in [3.05, 3.63) is 51.5 Å². The average Bonchev–Trinajstić information content (AvgIpc) is 3.02. The van der Waals surface area contributed by atoms with Gasteiger partial charge in [-0.05, 0) is 30.7 Å². The molecule has 0 aliphatic carbocycles. The molecule has 0 spiro atoms. The predicted molar refractivity (Wildman–Crippen MR) is 81.0 cm³/mol. The van der Waals surface area contributed by atoms with Crippen molar-refractivity contribution >= 4 is 23.2 Å². The first-order chi connectivity index (χ1) is 11.2. The highest BCUT2D eigenvalue weighted by Gasteiger charge is 2.34. The fraction of sp³-hybridized carbons (Fsp3) is 0.267. The first-order valence-electron chi connectivity index (χ1n) is 6.89. The van der Waals surface area contributed by atoms with Crippen LogP contribution in [0.25, 0.3) is 0 Å². The van der Waals surface area contributed by atoms with Crippen LogP contribution in [-0.2, 0) is 6.18 Å². The molecule has 0 bridgehead atoms. The Morgan fingerprint density at radius 3 is 2.29 bits per heavy atom. The van der Waals surface area contributed by atoms with Crippen LogP contribution in [-0.4, -0.2) is 22.0 Å². The van der Waals surface area contributed by atoms with Crippen LogP contribution in [0.15, 0.2) is 29.6 Å². The van der Waals surface area contributed by atoms with Crippen LogP contribution in [0.2, 0.25) is 0 Å². The summed E-state index contributed by atoms with van der Waals surface area (Å²) in [5.41, 5.74) is -0.736. The van der Waals surface area contributed by atoms with Crippen LogP contribution in [0.1, 0.15) is 50.8 Å². The lowest BCUT2D eigenvalue weighted by atomic mass is 10.1. The van der Waals surface area contributed by atoms with E-state index in [0.717, 1.165) is 16.7 Å². The number of halogens is 3. The van der Waals surface area contributed by atoms with E-state index in [0.29, 0.717) is 6.42 Å². The summed E-state index contributed by atoms with van der Waals surface area (Å²) in [6.45, 7) is 1.72. The predicted octanol–water partition coefficient (Wildman–Crippen LogP) is 3.74. The van der Waals surface area contributed by atoms with Gasteiger partial charge in [-0.15, -0.1) is 11.3 Å². The van der Waals surface area contributed by atoms with Crippen LogP contribution < -0.4 is 5.32 Å². The topological polar surface area (TPSA) is 79.3 Å². The van der Waals surface area contributed by atoms with Crippen LogP contribution in [0, 0.1) is 0 Å². The molecule has 1 amide bonds. The zero-order chi connectivity index (χ0) is 17.9. The summed E-state index contributed by atoms with van der Waals surface area (Å²) in [5.74, 6) is -1.63. The molecule has 0 saturated carbocycles. The Morgan fingerprint density at radius 1 is 1.25 bits per heavy atom. The summed E-state index contributed by atoms with van der Waals surface area (Å²) < 4.78 is 37.8. The van der Waals surface area contributed by atoms with Gasteiger partial charge in [0.15, 0.2) is 5.69 Å². The number of rotatable bonds is 5. The molecule has 24 heavy (non-hydrogen) atoms. The van der Waals surface area contributed by atoms with Crippen LogP contribution in [0.4, 0.5) is 13.2 Å². The van der Waals surface area contributed by atoms with Crippen molar-refractivity contribution in [3.63, 3.8) is 0 Å². The summed E-state index contributed by atoms with van der Waals surface area (Å²) in [5, 5.41) is 12.5. The maximum Gasteiger partial charge on any atom is 0.434 e. The number of amides is 1. The SMILES string of the molecule is CCC(NC(=O)c1ccc(C(=O)O)cc1)c1nc(C(F)(F)F)cs1. The number of carbonyl (C=O) groups excluding carboxylic acids is 1. The fourth-order valence-corrected chi connectivity index (χ4v) is 2.88. The van der Waals surface area contributed by atoms with Gasteiger partial charge in [-0.3, -0.25) is 4.79 Å². The smallest absolute Gasteiger partial charge is 0.434 e. The van der Waals surface area contributed by atoms with Gasteiger partial charge in [0.25, 0.3) is 5.91 Å². The lowest BCUT2D eigenvalue weighted by Crippen LogP contribution is -2.28. The number of alkyl halides is 3. The van der Waals surface area contributed by atoms with E-state index >= 15 is 0 Å². The number of carbonyl (C=O) groups is 2. The van der Waals surface area contributed by atoms with Crippen LogP contribution in [0.5, 0.6) is 0 Å². The van der Waals surface area contributed by atoms with E-state index in [4.69, 9.17) is 5.11 Å². The maximum atomic E-state index is 12.6. The Bertz CT molecular complexity index is 741. The molecular weight excluding hydrogens is 345 g/mol. The van der Waals surface area contributed by atoms with E-state index in [1.165, 1.54) is 24.3 Å². The number of thiazole rings is 1. The van der Waals surface area contributed by atoms with E-state index in [-0.39, 0.29) is 16.1 Å². The molecule has 1 aromatic heterocycles. The monoisotopic (exact) mass is 358 g/mol. The normalized spacial score (nSPS) is 12.7. The van der Waals surface area contributed by atoms with Gasteiger partial charge >= 0.3 is 12.1 Å². The Kier molecular flexibility index (Phi) is 5.23. The lowest BCUT2D eigenvalue weighted by molar-refractivity contribution is -0.140. The molecule has 128 valence electrons.